The van der Waals surface area contributed by atoms with Crippen LogP contribution in [0.2, 0.25) is 0 Å². The molecule has 132 valence electrons. The number of benzene rings is 3. The predicted octanol–water partition coefficient (Wildman–Crippen LogP) is 3.98. The lowest BCUT2D eigenvalue weighted by Gasteiger charge is -2.14. The van der Waals surface area contributed by atoms with Crippen LogP contribution in [0.3, 0.4) is 0 Å². The van der Waals surface area contributed by atoms with Crippen LogP contribution in [0, 0.1) is 0 Å². The maximum absolute atomic E-state index is 12.6. The largest absolute Gasteiger partial charge is 0.497 e. The molecule has 0 fully saturated rings. The lowest BCUT2D eigenvalue weighted by atomic mass is 10.0. The third kappa shape index (κ3) is 3.75. The van der Waals surface area contributed by atoms with Crippen molar-refractivity contribution in [3.8, 4) is 11.5 Å². The highest BCUT2D eigenvalue weighted by Gasteiger charge is 2.13. The molecule has 0 aliphatic rings. The Bertz CT molecular complexity index is 967. The number of methoxy groups -OCH3 is 2. The zero-order chi connectivity index (χ0) is 18.5. The number of carbonyl (C=O) groups excluding carboxylic acids is 1. The molecule has 3 rings (SSSR count). The summed E-state index contributed by atoms with van der Waals surface area (Å²) < 4.78 is 10.5. The molecule has 0 saturated heterocycles. The van der Waals surface area contributed by atoms with Gasteiger partial charge in [-0.25, -0.2) is 0 Å². The lowest BCUT2D eigenvalue weighted by Crippen LogP contribution is -2.34. The number of fused-ring (bicyclic) bond motifs is 1. The average Bonchev–Trinajstić information content (AvgIpc) is 2.67. The standard InChI is InChI=1S/C20H18N2O3S/c1-24-14-10-11-17(18(12-14)25-2)21-20(26)22-19(23)16-9-5-7-13-6-3-4-8-15(13)16/h3-12H,1-2H3,(H2,21,22,23,26). The van der Waals surface area contributed by atoms with Gasteiger partial charge in [-0.05, 0) is 41.2 Å². The second-order valence-electron chi connectivity index (χ2n) is 5.50. The van der Waals surface area contributed by atoms with Gasteiger partial charge in [-0.3, -0.25) is 10.1 Å². The fraction of sp³-hybridized carbons (Fsp3) is 0.100. The van der Waals surface area contributed by atoms with E-state index in [2.05, 4.69) is 10.6 Å². The minimum Gasteiger partial charge on any atom is -0.497 e. The predicted molar refractivity (Wildman–Crippen MR) is 107 cm³/mol. The fourth-order valence-electron chi connectivity index (χ4n) is 2.65. The molecule has 3 aromatic rings. The van der Waals surface area contributed by atoms with Crippen molar-refractivity contribution in [3.63, 3.8) is 0 Å². The van der Waals surface area contributed by atoms with Crippen LogP contribution in [0.15, 0.2) is 60.7 Å². The van der Waals surface area contributed by atoms with Crippen molar-refractivity contribution < 1.29 is 14.3 Å². The van der Waals surface area contributed by atoms with Gasteiger partial charge in [0.15, 0.2) is 5.11 Å². The third-order valence-electron chi connectivity index (χ3n) is 3.92. The summed E-state index contributed by atoms with van der Waals surface area (Å²) in [4.78, 5) is 12.6. The van der Waals surface area contributed by atoms with Crippen LogP contribution in [0.1, 0.15) is 10.4 Å². The van der Waals surface area contributed by atoms with Gasteiger partial charge in [0, 0.05) is 11.6 Å². The van der Waals surface area contributed by atoms with Crippen molar-refractivity contribution in [2.24, 2.45) is 0 Å². The summed E-state index contributed by atoms with van der Waals surface area (Å²) in [5.41, 5.74) is 1.20. The van der Waals surface area contributed by atoms with Crippen molar-refractivity contribution in [1.82, 2.24) is 5.32 Å². The molecule has 1 amide bonds. The molecule has 0 unspecified atom stereocenters. The maximum atomic E-state index is 12.6. The molecular weight excluding hydrogens is 348 g/mol. The van der Waals surface area contributed by atoms with Crippen LogP contribution in [-0.2, 0) is 0 Å². The molecule has 0 bridgehead atoms. The summed E-state index contributed by atoms with van der Waals surface area (Å²) in [5, 5.41) is 7.75. The highest BCUT2D eigenvalue weighted by atomic mass is 32.1. The maximum Gasteiger partial charge on any atom is 0.258 e. The van der Waals surface area contributed by atoms with E-state index < -0.39 is 0 Å². The van der Waals surface area contributed by atoms with Crippen molar-refractivity contribution in [2.75, 3.05) is 19.5 Å². The van der Waals surface area contributed by atoms with Crippen molar-refractivity contribution in [2.45, 2.75) is 0 Å². The van der Waals surface area contributed by atoms with Gasteiger partial charge in [0.1, 0.15) is 11.5 Å². The molecule has 0 aromatic heterocycles. The van der Waals surface area contributed by atoms with E-state index in [9.17, 15) is 4.79 Å². The summed E-state index contributed by atoms with van der Waals surface area (Å²) in [6, 6.07) is 18.6. The van der Waals surface area contributed by atoms with Gasteiger partial charge < -0.3 is 14.8 Å². The first kappa shape index (κ1) is 17.7. The third-order valence-corrected chi connectivity index (χ3v) is 4.12. The number of hydrogen-bond acceptors (Lipinski definition) is 4. The van der Waals surface area contributed by atoms with Crippen molar-refractivity contribution in [1.29, 1.82) is 0 Å². The molecule has 6 heteroatoms. The van der Waals surface area contributed by atoms with Crippen LogP contribution in [-0.4, -0.2) is 25.2 Å². The van der Waals surface area contributed by atoms with E-state index >= 15 is 0 Å². The molecule has 0 radical (unpaired) electrons. The van der Waals surface area contributed by atoms with Gasteiger partial charge in [-0.15, -0.1) is 0 Å². The number of rotatable bonds is 4. The molecule has 26 heavy (non-hydrogen) atoms. The number of ether oxygens (including phenoxy) is 2. The Hall–Kier alpha value is -3.12. The van der Waals surface area contributed by atoms with Crippen LogP contribution in [0.25, 0.3) is 10.8 Å². The summed E-state index contributed by atoms with van der Waals surface area (Å²) >= 11 is 5.27. The number of anilines is 1. The molecule has 3 aromatic carbocycles. The number of carbonyl (C=O) groups is 1. The average molecular weight is 366 g/mol. The zero-order valence-electron chi connectivity index (χ0n) is 14.4. The van der Waals surface area contributed by atoms with E-state index in [0.29, 0.717) is 22.7 Å². The van der Waals surface area contributed by atoms with E-state index in [1.807, 2.05) is 36.4 Å². The highest BCUT2D eigenvalue weighted by molar-refractivity contribution is 7.80. The van der Waals surface area contributed by atoms with E-state index in [1.54, 1.807) is 38.5 Å². The van der Waals surface area contributed by atoms with Crippen LogP contribution >= 0.6 is 12.2 Å². The molecule has 0 atom stereocenters. The summed E-state index contributed by atoms with van der Waals surface area (Å²) in [7, 11) is 3.13. The van der Waals surface area contributed by atoms with Crippen molar-refractivity contribution in [3.05, 3.63) is 66.2 Å². The Morgan fingerprint density at radius 1 is 0.962 bits per heavy atom. The quantitative estimate of drug-likeness (QED) is 0.684. The SMILES string of the molecule is COc1ccc(NC(=S)NC(=O)c2cccc3ccccc23)c(OC)c1. The fourth-order valence-corrected chi connectivity index (χ4v) is 2.85. The first-order valence-electron chi connectivity index (χ1n) is 7.94. The minimum atomic E-state index is -0.272. The van der Waals surface area contributed by atoms with Crippen LogP contribution < -0.4 is 20.1 Å². The number of nitrogens with one attached hydrogen (secondary N) is 2. The first-order chi connectivity index (χ1) is 12.6. The van der Waals surface area contributed by atoms with E-state index in [-0.39, 0.29) is 11.0 Å². The molecular formula is C20H18N2O3S. The number of amides is 1. The van der Waals surface area contributed by atoms with Gasteiger partial charge in [-0.1, -0.05) is 36.4 Å². The molecule has 0 heterocycles. The van der Waals surface area contributed by atoms with E-state index in [1.165, 1.54) is 0 Å². The Balaban J connectivity index is 1.77. The molecule has 5 nitrogen and oxygen atoms in total. The van der Waals surface area contributed by atoms with Crippen LogP contribution in [0.4, 0.5) is 5.69 Å². The number of hydrogen-bond donors (Lipinski definition) is 2. The smallest absolute Gasteiger partial charge is 0.258 e. The van der Waals surface area contributed by atoms with Gasteiger partial charge in [-0.2, -0.15) is 0 Å². The van der Waals surface area contributed by atoms with Gasteiger partial charge in [0.2, 0.25) is 0 Å². The molecule has 0 aliphatic heterocycles. The number of thiocarbonyl (C=S) groups is 1. The second kappa shape index (κ2) is 7.84. The van der Waals surface area contributed by atoms with E-state index in [4.69, 9.17) is 21.7 Å². The normalized spacial score (nSPS) is 10.2. The topological polar surface area (TPSA) is 59.6 Å². The Kier molecular flexibility index (Phi) is 5.34. The Morgan fingerprint density at radius 3 is 2.50 bits per heavy atom. The molecule has 0 saturated carbocycles. The minimum absolute atomic E-state index is 0.186. The van der Waals surface area contributed by atoms with E-state index in [0.717, 1.165) is 10.8 Å². The first-order valence-corrected chi connectivity index (χ1v) is 8.35. The monoisotopic (exact) mass is 366 g/mol. The highest BCUT2D eigenvalue weighted by Crippen LogP contribution is 2.29. The molecule has 2 N–H and O–H groups in total. The molecule has 0 spiro atoms. The Labute approximate surface area is 156 Å². The Morgan fingerprint density at radius 2 is 1.73 bits per heavy atom. The lowest BCUT2D eigenvalue weighted by molar-refractivity contribution is 0.0979. The second-order valence-corrected chi connectivity index (χ2v) is 5.91. The summed E-state index contributed by atoms with van der Waals surface area (Å²) in [6.45, 7) is 0. The van der Waals surface area contributed by atoms with Gasteiger partial charge in [0.05, 0.1) is 19.9 Å². The van der Waals surface area contributed by atoms with Crippen molar-refractivity contribution >= 4 is 39.7 Å². The molecule has 0 aliphatic carbocycles. The van der Waals surface area contributed by atoms with Gasteiger partial charge in [0.25, 0.3) is 5.91 Å². The van der Waals surface area contributed by atoms with Crippen LogP contribution in [0.5, 0.6) is 11.5 Å². The zero-order valence-corrected chi connectivity index (χ0v) is 15.2. The summed E-state index contributed by atoms with van der Waals surface area (Å²) in [6.07, 6.45) is 0. The summed E-state index contributed by atoms with van der Waals surface area (Å²) in [5.74, 6) is 0.955. The van der Waals surface area contributed by atoms with Gasteiger partial charge >= 0.3 is 0 Å².